The maximum absolute atomic E-state index is 12.3. The minimum absolute atomic E-state index is 0.0166. The molecular formula is C16H17N9O2. The van der Waals surface area contributed by atoms with Crippen LogP contribution in [-0.2, 0) is 14.1 Å². The smallest absolute Gasteiger partial charge is 0.332 e. The topological polar surface area (TPSA) is 117 Å². The van der Waals surface area contributed by atoms with Crippen LogP contribution >= 0.6 is 0 Å². The average molecular weight is 367 g/mol. The van der Waals surface area contributed by atoms with Gasteiger partial charge in [-0.3, -0.25) is 13.9 Å². The Bertz CT molecular complexity index is 1180. The van der Waals surface area contributed by atoms with Gasteiger partial charge in [-0.2, -0.15) is 9.78 Å². The van der Waals surface area contributed by atoms with Crippen molar-refractivity contribution in [2.45, 2.75) is 0 Å². The first-order valence-corrected chi connectivity index (χ1v) is 8.38. The summed E-state index contributed by atoms with van der Waals surface area (Å²) in [7, 11) is 2.95. The zero-order valence-corrected chi connectivity index (χ0v) is 14.9. The lowest BCUT2D eigenvalue weighted by Gasteiger charge is -2.37. The molecule has 1 saturated heterocycles. The molecule has 0 aliphatic carbocycles. The summed E-state index contributed by atoms with van der Waals surface area (Å²) >= 11 is 0. The second-order valence-electron chi connectivity index (χ2n) is 6.32. The van der Waals surface area contributed by atoms with Crippen molar-refractivity contribution < 1.29 is 0 Å². The maximum Gasteiger partial charge on any atom is 0.332 e. The highest BCUT2D eigenvalue weighted by Crippen LogP contribution is 2.19. The Labute approximate surface area is 153 Å². The SMILES string of the molecule is Cn1c(N2CCN(c3ccc4nncn4n3)CC2)c(C#N)c(=O)n(C)c1=O. The molecule has 3 aromatic rings. The highest BCUT2D eigenvalue weighted by atomic mass is 16.2. The molecule has 11 nitrogen and oxygen atoms in total. The van der Waals surface area contributed by atoms with Gasteiger partial charge in [-0.05, 0) is 12.1 Å². The quantitative estimate of drug-likeness (QED) is 0.550. The van der Waals surface area contributed by atoms with Crippen LogP contribution in [0.4, 0.5) is 11.6 Å². The van der Waals surface area contributed by atoms with E-state index in [4.69, 9.17) is 0 Å². The molecule has 0 unspecified atom stereocenters. The molecule has 138 valence electrons. The number of nitriles is 1. The van der Waals surface area contributed by atoms with Crippen LogP contribution < -0.4 is 21.0 Å². The zero-order valence-electron chi connectivity index (χ0n) is 14.9. The fourth-order valence-corrected chi connectivity index (χ4v) is 3.34. The van der Waals surface area contributed by atoms with Crippen LogP contribution in [0.1, 0.15) is 5.56 Å². The summed E-state index contributed by atoms with van der Waals surface area (Å²) < 4.78 is 3.92. The van der Waals surface area contributed by atoms with Crippen molar-refractivity contribution in [3.05, 3.63) is 44.9 Å². The van der Waals surface area contributed by atoms with Crippen molar-refractivity contribution in [3.63, 3.8) is 0 Å². The number of fused-ring (bicyclic) bond motifs is 1. The lowest BCUT2D eigenvalue weighted by atomic mass is 10.2. The standard InChI is InChI=1S/C16H17N9O2/c1-21-14(11(9-17)15(26)22(2)16(21)27)24-7-5-23(6-8-24)13-4-3-12-19-18-10-25(12)20-13/h3-4,10H,5-8H2,1-2H3. The Hall–Kier alpha value is -3.68. The van der Waals surface area contributed by atoms with E-state index >= 15 is 0 Å². The van der Waals surface area contributed by atoms with E-state index < -0.39 is 11.2 Å². The highest BCUT2D eigenvalue weighted by molar-refractivity contribution is 5.55. The predicted octanol–water partition coefficient (Wildman–Crippen LogP) is -1.28. The van der Waals surface area contributed by atoms with Gasteiger partial charge >= 0.3 is 5.69 Å². The largest absolute Gasteiger partial charge is 0.353 e. The molecule has 0 amide bonds. The van der Waals surface area contributed by atoms with E-state index in [-0.39, 0.29) is 5.56 Å². The van der Waals surface area contributed by atoms with Crippen LogP contribution in [0.25, 0.3) is 5.65 Å². The first-order valence-electron chi connectivity index (χ1n) is 8.38. The fourth-order valence-electron chi connectivity index (χ4n) is 3.34. The van der Waals surface area contributed by atoms with E-state index in [1.165, 1.54) is 11.6 Å². The molecule has 4 rings (SSSR count). The van der Waals surface area contributed by atoms with Gasteiger partial charge in [-0.1, -0.05) is 0 Å². The van der Waals surface area contributed by atoms with E-state index in [0.29, 0.717) is 37.6 Å². The molecule has 1 aliphatic heterocycles. The second-order valence-corrected chi connectivity index (χ2v) is 6.32. The molecule has 0 spiro atoms. The van der Waals surface area contributed by atoms with Gasteiger partial charge in [-0.25, -0.2) is 4.79 Å². The summed E-state index contributed by atoms with van der Waals surface area (Å²) in [6.07, 6.45) is 1.55. The van der Waals surface area contributed by atoms with Crippen molar-refractivity contribution in [1.29, 1.82) is 5.26 Å². The Morgan fingerprint density at radius 3 is 2.44 bits per heavy atom. The molecule has 0 saturated carbocycles. The molecule has 0 N–H and O–H groups in total. The number of anilines is 2. The second kappa shape index (κ2) is 6.24. The summed E-state index contributed by atoms with van der Waals surface area (Å²) in [5, 5.41) is 21.7. The number of aromatic nitrogens is 6. The van der Waals surface area contributed by atoms with Gasteiger partial charge in [0, 0.05) is 40.3 Å². The minimum Gasteiger partial charge on any atom is -0.353 e. The Balaban J connectivity index is 1.62. The van der Waals surface area contributed by atoms with Crippen LogP contribution in [0.3, 0.4) is 0 Å². The van der Waals surface area contributed by atoms with Crippen molar-refractivity contribution in [1.82, 2.24) is 28.9 Å². The van der Waals surface area contributed by atoms with Gasteiger partial charge in [0.25, 0.3) is 5.56 Å². The molecule has 0 aromatic carbocycles. The van der Waals surface area contributed by atoms with E-state index in [1.54, 1.807) is 17.9 Å². The van der Waals surface area contributed by atoms with Crippen molar-refractivity contribution in [2.24, 2.45) is 14.1 Å². The van der Waals surface area contributed by atoms with Crippen LogP contribution in [0, 0.1) is 11.3 Å². The van der Waals surface area contributed by atoms with Crippen LogP contribution in [-0.4, -0.2) is 55.1 Å². The van der Waals surface area contributed by atoms with E-state index in [0.717, 1.165) is 10.4 Å². The molecule has 0 radical (unpaired) electrons. The monoisotopic (exact) mass is 367 g/mol. The van der Waals surface area contributed by atoms with Crippen LogP contribution in [0.2, 0.25) is 0 Å². The van der Waals surface area contributed by atoms with E-state index in [2.05, 4.69) is 20.2 Å². The Kier molecular flexibility index (Phi) is 3.88. The molecule has 0 atom stereocenters. The number of piperazine rings is 1. The Morgan fingerprint density at radius 2 is 1.74 bits per heavy atom. The molecule has 1 aliphatic rings. The number of hydrogen-bond donors (Lipinski definition) is 0. The van der Waals surface area contributed by atoms with Crippen LogP contribution in [0.15, 0.2) is 28.0 Å². The summed E-state index contributed by atoms with van der Waals surface area (Å²) in [5.74, 6) is 1.16. The predicted molar refractivity (Wildman–Crippen MR) is 96.8 cm³/mol. The third-order valence-corrected chi connectivity index (χ3v) is 4.80. The third-order valence-electron chi connectivity index (χ3n) is 4.80. The van der Waals surface area contributed by atoms with Gasteiger partial charge in [-0.15, -0.1) is 15.3 Å². The van der Waals surface area contributed by atoms with Crippen molar-refractivity contribution in [3.8, 4) is 6.07 Å². The molecule has 4 heterocycles. The highest BCUT2D eigenvalue weighted by Gasteiger charge is 2.25. The molecule has 0 bridgehead atoms. The number of rotatable bonds is 2. The molecule has 3 aromatic heterocycles. The number of hydrogen-bond acceptors (Lipinski definition) is 8. The summed E-state index contributed by atoms with van der Waals surface area (Å²) in [4.78, 5) is 28.5. The lowest BCUT2D eigenvalue weighted by Crippen LogP contribution is -2.50. The summed E-state index contributed by atoms with van der Waals surface area (Å²) in [5.41, 5.74) is -0.364. The first-order chi connectivity index (χ1) is 13.0. The maximum atomic E-state index is 12.3. The van der Waals surface area contributed by atoms with Gasteiger partial charge < -0.3 is 9.80 Å². The van der Waals surface area contributed by atoms with Gasteiger partial charge in [0.15, 0.2) is 11.2 Å². The fraction of sp³-hybridized carbons (Fsp3) is 0.375. The van der Waals surface area contributed by atoms with Gasteiger partial charge in [0.2, 0.25) is 0 Å². The zero-order chi connectivity index (χ0) is 19.1. The van der Waals surface area contributed by atoms with Gasteiger partial charge in [0.05, 0.1) is 0 Å². The number of nitrogens with zero attached hydrogens (tertiary/aromatic N) is 9. The molecule has 11 heteroatoms. The van der Waals surface area contributed by atoms with Crippen LogP contribution in [0.5, 0.6) is 0 Å². The molecule has 1 fully saturated rings. The Morgan fingerprint density at radius 1 is 1.04 bits per heavy atom. The van der Waals surface area contributed by atoms with E-state index in [1.807, 2.05) is 23.1 Å². The summed E-state index contributed by atoms with van der Waals surface area (Å²) in [6, 6.07) is 5.68. The molecular weight excluding hydrogens is 350 g/mol. The summed E-state index contributed by atoms with van der Waals surface area (Å²) in [6.45, 7) is 2.37. The minimum atomic E-state index is -0.572. The van der Waals surface area contributed by atoms with Crippen molar-refractivity contribution >= 4 is 17.3 Å². The third kappa shape index (κ3) is 2.62. The van der Waals surface area contributed by atoms with E-state index in [9.17, 15) is 14.9 Å². The van der Waals surface area contributed by atoms with Crippen molar-refractivity contribution in [2.75, 3.05) is 36.0 Å². The average Bonchev–Trinajstić information content (AvgIpc) is 3.17. The molecule has 27 heavy (non-hydrogen) atoms. The normalized spacial score (nSPS) is 14.6. The lowest BCUT2D eigenvalue weighted by molar-refractivity contribution is 0.603. The van der Waals surface area contributed by atoms with Gasteiger partial charge in [0.1, 0.15) is 24.0 Å². The first kappa shape index (κ1) is 16.8.